The van der Waals surface area contributed by atoms with Crippen LogP contribution >= 0.6 is 0 Å². The van der Waals surface area contributed by atoms with Crippen LogP contribution in [0.15, 0.2) is 23.1 Å². The van der Waals surface area contributed by atoms with Crippen molar-refractivity contribution in [3.05, 3.63) is 34.2 Å². The number of carbonyl (C=O) groups is 2. The standard InChI is InChI=1S/C20H29N3O4/c1-3-21-9-5-16(13-17(21)24)19(26)22-10-6-20(7-11-22)14-18(25)23(15-20)8-4-12-27-2/h5,9,13H,3-4,6-8,10-12,14-15H2,1-2H3. The first-order valence-corrected chi connectivity index (χ1v) is 9.74. The number of likely N-dealkylation sites (tertiary alicyclic amines) is 2. The van der Waals surface area contributed by atoms with Gasteiger partial charge in [-0.3, -0.25) is 14.4 Å². The van der Waals surface area contributed by atoms with E-state index >= 15 is 0 Å². The predicted octanol–water partition coefficient (Wildman–Crippen LogP) is 1.36. The lowest BCUT2D eigenvalue weighted by molar-refractivity contribution is -0.128. The molecule has 2 amide bonds. The number of carbonyl (C=O) groups excluding carboxylic acids is 2. The topological polar surface area (TPSA) is 71.8 Å². The average molecular weight is 375 g/mol. The zero-order valence-electron chi connectivity index (χ0n) is 16.3. The number of hydrogen-bond acceptors (Lipinski definition) is 4. The molecule has 0 atom stereocenters. The number of rotatable bonds is 6. The Morgan fingerprint density at radius 2 is 2.00 bits per heavy atom. The Balaban J connectivity index is 1.58. The van der Waals surface area contributed by atoms with Gasteiger partial charge in [0.1, 0.15) is 0 Å². The van der Waals surface area contributed by atoms with Gasteiger partial charge in [-0.25, -0.2) is 0 Å². The van der Waals surface area contributed by atoms with Gasteiger partial charge in [0.25, 0.3) is 11.5 Å². The van der Waals surface area contributed by atoms with Gasteiger partial charge in [-0.2, -0.15) is 0 Å². The molecular weight excluding hydrogens is 346 g/mol. The molecule has 1 spiro atoms. The highest BCUT2D eigenvalue weighted by Crippen LogP contribution is 2.41. The summed E-state index contributed by atoms with van der Waals surface area (Å²) in [5, 5.41) is 0. The zero-order valence-corrected chi connectivity index (χ0v) is 16.3. The van der Waals surface area contributed by atoms with Gasteiger partial charge in [-0.1, -0.05) is 0 Å². The Morgan fingerprint density at radius 1 is 1.26 bits per heavy atom. The van der Waals surface area contributed by atoms with E-state index in [2.05, 4.69) is 0 Å². The van der Waals surface area contributed by atoms with Crippen molar-refractivity contribution in [2.75, 3.05) is 39.9 Å². The van der Waals surface area contributed by atoms with Crippen LogP contribution in [0, 0.1) is 5.41 Å². The van der Waals surface area contributed by atoms with Crippen molar-refractivity contribution in [3.63, 3.8) is 0 Å². The molecule has 148 valence electrons. The second kappa shape index (κ2) is 8.25. The third kappa shape index (κ3) is 4.24. The molecule has 1 aromatic heterocycles. The molecule has 0 aromatic carbocycles. The number of ether oxygens (including phenoxy) is 1. The van der Waals surface area contributed by atoms with Gasteiger partial charge in [0.2, 0.25) is 5.91 Å². The summed E-state index contributed by atoms with van der Waals surface area (Å²) in [5.74, 6) is 0.125. The third-order valence-corrected chi connectivity index (χ3v) is 5.88. The molecule has 2 fully saturated rings. The molecule has 27 heavy (non-hydrogen) atoms. The summed E-state index contributed by atoms with van der Waals surface area (Å²) in [7, 11) is 1.67. The van der Waals surface area contributed by atoms with Gasteiger partial charge in [0.05, 0.1) is 0 Å². The first-order valence-electron chi connectivity index (χ1n) is 9.74. The van der Waals surface area contributed by atoms with E-state index in [1.54, 1.807) is 23.9 Å². The minimum Gasteiger partial charge on any atom is -0.385 e. The van der Waals surface area contributed by atoms with E-state index < -0.39 is 0 Å². The predicted molar refractivity (Wildman–Crippen MR) is 102 cm³/mol. The average Bonchev–Trinajstić information content (AvgIpc) is 2.97. The Kier molecular flexibility index (Phi) is 5.99. The van der Waals surface area contributed by atoms with Crippen molar-refractivity contribution >= 4 is 11.8 Å². The molecule has 0 radical (unpaired) electrons. The summed E-state index contributed by atoms with van der Waals surface area (Å²) in [4.78, 5) is 40.8. The molecule has 0 unspecified atom stereocenters. The number of aryl methyl sites for hydroxylation is 1. The molecule has 0 N–H and O–H groups in total. The van der Waals surface area contributed by atoms with Gasteiger partial charge in [0.15, 0.2) is 0 Å². The van der Waals surface area contributed by atoms with Crippen molar-refractivity contribution in [2.45, 2.75) is 39.2 Å². The number of nitrogens with zero attached hydrogens (tertiary/aromatic N) is 3. The fourth-order valence-corrected chi connectivity index (χ4v) is 4.19. The molecule has 7 heteroatoms. The largest absolute Gasteiger partial charge is 0.385 e. The number of methoxy groups -OCH3 is 1. The van der Waals surface area contributed by atoms with Crippen molar-refractivity contribution in [1.29, 1.82) is 0 Å². The normalized spacial score (nSPS) is 19.1. The number of piperidine rings is 1. The molecule has 0 bridgehead atoms. The van der Waals surface area contributed by atoms with Gasteiger partial charge in [0, 0.05) is 76.1 Å². The van der Waals surface area contributed by atoms with E-state index in [1.807, 2.05) is 16.7 Å². The number of hydrogen-bond donors (Lipinski definition) is 0. The summed E-state index contributed by atoms with van der Waals surface area (Å²) in [6.45, 7) is 5.94. The van der Waals surface area contributed by atoms with Crippen LogP contribution in [-0.2, 0) is 16.1 Å². The maximum Gasteiger partial charge on any atom is 0.254 e. The first-order chi connectivity index (χ1) is 13.0. The summed E-state index contributed by atoms with van der Waals surface area (Å²) < 4.78 is 6.65. The van der Waals surface area contributed by atoms with Crippen LogP contribution in [0.2, 0.25) is 0 Å². The summed E-state index contributed by atoms with van der Waals surface area (Å²) in [6, 6.07) is 3.14. The van der Waals surface area contributed by atoms with Gasteiger partial charge in [-0.05, 0) is 32.3 Å². The highest BCUT2D eigenvalue weighted by molar-refractivity contribution is 5.94. The Bertz CT molecular complexity index is 750. The van der Waals surface area contributed by atoms with Gasteiger partial charge in [-0.15, -0.1) is 0 Å². The molecule has 7 nitrogen and oxygen atoms in total. The van der Waals surface area contributed by atoms with Crippen LogP contribution in [0.4, 0.5) is 0 Å². The lowest BCUT2D eigenvalue weighted by Crippen LogP contribution is -2.44. The molecule has 0 saturated carbocycles. The number of pyridine rings is 1. The number of aromatic nitrogens is 1. The van der Waals surface area contributed by atoms with E-state index in [0.717, 1.165) is 32.4 Å². The number of amides is 2. The van der Waals surface area contributed by atoms with Crippen molar-refractivity contribution < 1.29 is 14.3 Å². The van der Waals surface area contributed by atoms with Crippen LogP contribution in [-0.4, -0.2) is 66.1 Å². The molecule has 3 rings (SSSR count). The fourth-order valence-electron chi connectivity index (χ4n) is 4.19. The zero-order chi connectivity index (χ0) is 19.4. The second-order valence-electron chi connectivity index (χ2n) is 7.67. The molecular formula is C20H29N3O4. The Labute approximate surface area is 159 Å². The van der Waals surface area contributed by atoms with E-state index in [9.17, 15) is 14.4 Å². The van der Waals surface area contributed by atoms with Crippen molar-refractivity contribution in [1.82, 2.24) is 14.4 Å². The summed E-state index contributed by atoms with van der Waals surface area (Å²) >= 11 is 0. The minimum atomic E-state index is -0.148. The lowest BCUT2D eigenvalue weighted by atomic mass is 9.77. The van der Waals surface area contributed by atoms with Gasteiger partial charge >= 0.3 is 0 Å². The maximum absolute atomic E-state index is 12.7. The molecule has 3 heterocycles. The van der Waals surface area contributed by atoms with E-state index in [0.29, 0.717) is 38.2 Å². The van der Waals surface area contributed by atoms with Crippen LogP contribution in [0.5, 0.6) is 0 Å². The fraction of sp³-hybridized carbons (Fsp3) is 0.650. The van der Waals surface area contributed by atoms with E-state index in [-0.39, 0.29) is 22.8 Å². The lowest BCUT2D eigenvalue weighted by Gasteiger charge is -2.38. The molecule has 1 aromatic rings. The van der Waals surface area contributed by atoms with Crippen LogP contribution in [0.25, 0.3) is 0 Å². The third-order valence-electron chi connectivity index (χ3n) is 5.88. The van der Waals surface area contributed by atoms with Crippen LogP contribution < -0.4 is 5.56 Å². The highest BCUT2D eigenvalue weighted by atomic mass is 16.5. The van der Waals surface area contributed by atoms with Crippen LogP contribution in [0.1, 0.15) is 43.0 Å². The highest BCUT2D eigenvalue weighted by Gasteiger charge is 2.45. The van der Waals surface area contributed by atoms with Crippen molar-refractivity contribution in [3.8, 4) is 0 Å². The molecule has 2 aliphatic rings. The first kappa shape index (κ1) is 19.6. The molecule has 2 saturated heterocycles. The maximum atomic E-state index is 12.7. The van der Waals surface area contributed by atoms with E-state index in [1.165, 1.54) is 6.07 Å². The minimum absolute atomic E-state index is 0.00739. The molecule has 0 aliphatic carbocycles. The second-order valence-corrected chi connectivity index (χ2v) is 7.67. The quantitative estimate of drug-likeness (QED) is 0.704. The van der Waals surface area contributed by atoms with Crippen LogP contribution in [0.3, 0.4) is 0 Å². The smallest absolute Gasteiger partial charge is 0.254 e. The Morgan fingerprint density at radius 3 is 2.63 bits per heavy atom. The molecule has 2 aliphatic heterocycles. The summed E-state index contributed by atoms with van der Waals surface area (Å²) in [5.41, 5.74) is 0.293. The SMILES string of the molecule is CCn1ccc(C(=O)N2CCC3(CC2)CC(=O)N(CCCOC)C3)cc1=O. The van der Waals surface area contributed by atoms with Crippen molar-refractivity contribution in [2.24, 2.45) is 5.41 Å². The summed E-state index contributed by atoms with van der Waals surface area (Å²) in [6.07, 6.45) is 4.77. The van der Waals surface area contributed by atoms with Gasteiger partial charge < -0.3 is 19.1 Å². The monoisotopic (exact) mass is 375 g/mol. The van der Waals surface area contributed by atoms with E-state index in [4.69, 9.17) is 4.74 Å². The Hall–Kier alpha value is -2.15.